The Bertz CT molecular complexity index is 788. The van der Waals surface area contributed by atoms with E-state index in [4.69, 9.17) is 4.74 Å². The molecule has 2 aromatic carbocycles. The smallest absolute Gasteiger partial charge is 0.222 e. The maximum Gasteiger partial charge on any atom is 0.222 e. The largest absolute Gasteiger partial charge is 0.494 e. The standard InChI is InChI=1S/C15H12Br2N4O/c1-22-14-10(16)6-9(7-11(14)17)8-18-21-15-19-12-4-2-3-5-13(12)20-15/h2-8H,1H3,(H2,19,20,21)/b18-8-. The van der Waals surface area contributed by atoms with E-state index in [1.807, 2.05) is 36.4 Å². The summed E-state index contributed by atoms with van der Waals surface area (Å²) >= 11 is 6.93. The SMILES string of the molecule is COc1c(Br)cc(/C=N\Nc2nc3ccccc3[nH]2)cc1Br. The summed E-state index contributed by atoms with van der Waals surface area (Å²) in [6.07, 6.45) is 1.71. The van der Waals surface area contributed by atoms with Crippen LogP contribution in [0.5, 0.6) is 5.75 Å². The number of methoxy groups -OCH3 is 1. The number of halogens is 2. The first kappa shape index (κ1) is 15.1. The molecule has 1 heterocycles. The summed E-state index contributed by atoms with van der Waals surface area (Å²) in [6.45, 7) is 0. The summed E-state index contributed by atoms with van der Waals surface area (Å²) in [5.74, 6) is 1.35. The van der Waals surface area contributed by atoms with Crippen molar-refractivity contribution in [2.45, 2.75) is 0 Å². The molecule has 7 heteroatoms. The lowest BCUT2D eigenvalue weighted by Crippen LogP contribution is -1.93. The molecule has 0 bridgehead atoms. The Morgan fingerprint density at radius 3 is 2.64 bits per heavy atom. The maximum absolute atomic E-state index is 5.27. The van der Waals surface area contributed by atoms with Gasteiger partial charge in [0.15, 0.2) is 0 Å². The van der Waals surface area contributed by atoms with E-state index in [0.717, 1.165) is 31.3 Å². The van der Waals surface area contributed by atoms with E-state index in [2.05, 4.69) is 52.4 Å². The van der Waals surface area contributed by atoms with E-state index >= 15 is 0 Å². The lowest BCUT2D eigenvalue weighted by molar-refractivity contribution is 0.409. The molecule has 0 aliphatic carbocycles. The van der Waals surface area contributed by atoms with E-state index in [-0.39, 0.29) is 0 Å². The second kappa shape index (κ2) is 6.50. The first-order valence-corrected chi connectivity index (χ1v) is 8.03. The Morgan fingerprint density at radius 2 is 1.95 bits per heavy atom. The molecule has 0 spiro atoms. The molecule has 0 aliphatic heterocycles. The second-order valence-electron chi connectivity index (χ2n) is 4.49. The van der Waals surface area contributed by atoms with Crippen molar-refractivity contribution in [1.82, 2.24) is 9.97 Å². The molecule has 5 nitrogen and oxygen atoms in total. The number of rotatable bonds is 4. The second-order valence-corrected chi connectivity index (χ2v) is 6.20. The molecule has 0 saturated heterocycles. The zero-order chi connectivity index (χ0) is 15.5. The molecule has 3 rings (SSSR count). The van der Waals surface area contributed by atoms with E-state index < -0.39 is 0 Å². The van der Waals surface area contributed by atoms with Gasteiger partial charge in [0.1, 0.15) is 5.75 Å². The number of imidazole rings is 1. The topological polar surface area (TPSA) is 62.3 Å². The van der Waals surface area contributed by atoms with Crippen LogP contribution in [0.25, 0.3) is 11.0 Å². The van der Waals surface area contributed by atoms with Gasteiger partial charge in [0, 0.05) is 0 Å². The van der Waals surface area contributed by atoms with Gasteiger partial charge >= 0.3 is 0 Å². The predicted octanol–water partition coefficient (Wildman–Crippen LogP) is 4.54. The van der Waals surface area contributed by atoms with Crippen LogP contribution in [-0.4, -0.2) is 23.3 Å². The molecule has 0 amide bonds. The van der Waals surface area contributed by atoms with Crippen molar-refractivity contribution in [2.24, 2.45) is 5.10 Å². The van der Waals surface area contributed by atoms with Crippen LogP contribution < -0.4 is 10.2 Å². The molecule has 0 unspecified atom stereocenters. The summed E-state index contributed by atoms with van der Waals surface area (Å²) in [4.78, 5) is 7.54. The van der Waals surface area contributed by atoms with Gasteiger partial charge in [-0.2, -0.15) is 5.10 Å². The number of H-pyrrole nitrogens is 1. The van der Waals surface area contributed by atoms with Crippen molar-refractivity contribution in [2.75, 3.05) is 12.5 Å². The predicted molar refractivity (Wildman–Crippen MR) is 95.7 cm³/mol. The van der Waals surface area contributed by atoms with Gasteiger partial charge in [-0.1, -0.05) is 12.1 Å². The van der Waals surface area contributed by atoms with Gasteiger partial charge in [0.05, 0.1) is 33.3 Å². The van der Waals surface area contributed by atoms with Crippen molar-refractivity contribution in [3.05, 3.63) is 50.9 Å². The number of hydrogen-bond acceptors (Lipinski definition) is 4. The van der Waals surface area contributed by atoms with Gasteiger partial charge in [-0.05, 0) is 61.7 Å². The summed E-state index contributed by atoms with van der Waals surface area (Å²) in [7, 11) is 1.63. The summed E-state index contributed by atoms with van der Waals surface area (Å²) in [6, 6.07) is 11.7. The number of benzene rings is 2. The fraction of sp³-hybridized carbons (Fsp3) is 0.0667. The molecular weight excluding hydrogens is 412 g/mol. The number of para-hydroxylation sites is 2. The summed E-state index contributed by atoms with van der Waals surface area (Å²) in [5.41, 5.74) is 5.68. The minimum absolute atomic E-state index is 0.601. The van der Waals surface area contributed by atoms with E-state index in [0.29, 0.717) is 5.95 Å². The number of fused-ring (bicyclic) bond motifs is 1. The quantitative estimate of drug-likeness (QED) is 0.478. The molecule has 0 atom stereocenters. The third kappa shape index (κ3) is 3.15. The minimum atomic E-state index is 0.601. The van der Waals surface area contributed by atoms with E-state index in [1.54, 1.807) is 13.3 Å². The molecule has 0 saturated carbocycles. The summed E-state index contributed by atoms with van der Waals surface area (Å²) in [5, 5.41) is 4.19. The fourth-order valence-electron chi connectivity index (χ4n) is 2.02. The Balaban J connectivity index is 1.77. The fourth-order valence-corrected chi connectivity index (χ4v) is 3.57. The number of ether oxygens (including phenoxy) is 1. The van der Waals surface area contributed by atoms with Crippen molar-refractivity contribution < 1.29 is 4.74 Å². The molecular formula is C15H12Br2N4O. The van der Waals surface area contributed by atoms with E-state index in [9.17, 15) is 0 Å². The molecule has 2 N–H and O–H groups in total. The highest BCUT2D eigenvalue weighted by atomic mass is 79.9. The molecule has 112 valence electrons. The Kier molecular flexibility index (Phi) is 4.44. The first-order chi connectivity index (χ1) is 10.7. The van der Waals surface area contributed by atoms with Crippen LogP contribution in [0.2, 0.25) is 0 Å². The van der Waals surface area contributed by atoms with Crippen LogP contribution in [0, 0.1) is 0 Å². The van der Waals surface area contributed by atoms with Crippen LogP contribution >= 0.6 is 31.9 Å². The highest BCUT2D eigenvalue weighted by Gasteiger charge is 2.06. The molecule has 3 aromatic rings. The highest BCUT2D eigenvalue weighted by molar-refractivity contribution is 9.11. The normalized spacial score (nSPS) is 11.2. The lowest BCUT2D eigenvalue weighted by atomic mass is 10.2. The highest BCUT2D eigenvalue weighted by Crippen LogP contribution is 2.33. The molecule has 0 radical (unpaired) electrons. The Morgan fingerprint density at radius 1 is 1.23 bits per heavy atom. The number of nitrogens with zero attached hydrogens (tertiary/aromatic N) is 2. The van der Waals surface area contributed by atoms with Gasteiger partial charge in [0.2, 0.25) is 5.95 Å². The number of hydrogen-bond donors (Lipinski definition) is 2. The Hall–Kier alpha value is -1.86. The summed E-state index contributed by atoms with van der Waals surface area (Å²) < 4.78 is 6.98. The van der Waals surface area contributed by atoms with Crippen LogP contribution in [0.1, 0.15) is 5.56 Å². The molecule has 1 aromatic heterocycles. The van der Waals surface area contributed by atoms with Crippen LogP contribution in [0.15, 0.2) is 50.4 Å². The van der Waals surface area contributed by atoms with Gasteiger partial charge in [-0.25, -0.2) is 10.4 Å². The maximum atomic E-state index is 5.27. The van der Waals surface area contributed by atoms with Crippen LogP contribution in [0.3, 0.4) is 0 Å². The number of aromatic amines is 1. The van der Waals surface area contributed by atoms with Gasteiger partial charge in [-0.15, -0.1) is 0 Å². The number of aromatic nitrogens is 2. The minimum Gasteiger partial charge on any atom is -0.494 e. The van der Waals surface area contributed by atoms with Crippen molar-refractivity contribution in [3.8, 4) is 5.75 Å². The van der Waals surface area contributed by atoms with Crippen LogP contribution in [0.4, 0.5) is 5.95 Å². The average molecular weight is 424 g/mol. The van der Waals surface area contributed by atoms with Gasteiger partial charge < -0.3 is 9.72 Å². The average Bonchev–Trinajstić information content (AvgIpc) is 2.89. The molecule has 0 fully saturated rings. The third-order valence-corrected chi connectivity index (χ3v) is 4.18. The monoisotopic (exact) mass is 422 g/mol. The van der Waals surface area contributed by atoms with Crippen molar-refractivity contribution >= 4 is 55.1 Å². The Labute approximate surface area is 144 Å². The lowest BCUT2D eigenvalue weighted by Gasteiger charge is -2.06. The number of anilines is 1. The van der Waals surface area contributed by atoms with Gasteiger partial charge in [0.25, 0.3) is 0 Å². The third-order valence-electron chi connectivity index (χ3n) is 3.00. The first-order valence-electron chi connectivity index (χ1n) is 6.44. The van der Waals surface area contributed by atoms with Crippen molar-refractivity contribution in [1.29, 1.82) is 0 Å². The zero-order valence-electron chi connectivity index (χ0n) is 11.6. The van der Waals surface area contributed by atoms with Crippen molar-refractivity contribution in [3.63, 3.8) is 0 Å². The zero-order valence-corrected chi connectivity index (χ0v) is 14.8. The number of nitrogens with one attached hydrogen (secondary N) is 2. The number of hydrazone groups is 1. The molecule has 0 aliphatic rings. The van der Waals surface area contributed by atoms with Crippen LogP contribution in [-0.2, 0) is 0 Å². The van der Waals surface area contributed by atoms with E-state index in [1.165, 1.54) is 0 Å². The van der Waals surface area contributed by atoms with Gasteiger partial charge in [-0.3, -0.25) is 0 Å². The molecule has 22 heavy (non-hydrogen) atoms.